The highest BCUT2D eigenvalue weighted by Gasteiger charge is 2.20. The summed E-state index contributed by atoms with van der Waals surface area (Å²) in [4.78, 5) is 4.04. The summed E-state index contributed by atoms with van der Waals surface area (Å²) in [6.45, 7) is 1.41. The van der Waals surface area contributed by atoms with Crippen LogP contribution in [0.25, 0.3) is 11.0 Å². The molecule has 0 saturated heterocycles. The van der Waals surface area contributed by atoms with Crippen molar-refractivity contribution in [1.82, 2.24) is 9.55 Å². The normalized spacial score (nSPS) is 14.3. The fourth-order valence-electron chi connectivity index (χ4n) is 1.41. The minimum Gasteiger partial charge on any atom is -0.311 e. The van der Waals surface area contributed by atoms with Crippen LogP contribution >= 0.6 is 0 Å². The lowest BCUT2D eigenvalue weighted by atomic mass is 10.3. The van der Waals surface area contributed by atoms with Gasteiger partial charge in [0.15, 0.2) is 5.37 Å². The first-order valence-electron chi connectivity index (χ1n) is 4.38. The largest absolute Gasteiger partial charge is 0.311 e. The summed E-state index contributed by atoms with van der Waals surface area (Å²) in [5, 5.41) is -1.02. The molecule has 0 radical (unpaired) electrons. The molecule has 80 valence electrons. The number of aromatic nitrogens is 2. The maximum atomic E-state index is 11.0. The van der Waals surface area contributed by atoms with Crippen molar-refractivity contribution in [2.75, 3.05) is 0 Å². The number of rotatable bonds is 2. The van der Waals surface area contributed by atoms with E-state index in [1.54, 1.807) is 18.2 Å². The van der Waals surface area contributed by atoms with Crippen LogP contribution in [-0.4, -0.2) is 22.5 Å². The Bertz CT molecular complexity index is 588. The Balaban J connectivity index is 2.63. The molecule has 0 amide bonds. The van der Waals surface area contributed by atoms with Gasteiger partial charge in [0, 0.05) is 0 Å². The third kappa shape index (κ3) is 1.73. The monoisotopic (exact) mass is 226 g/mol. The Hall–Kier alpha value is -1.40. The minimum absolute atomic E-state index is 0.683. The number of fused-ring (bicyclic) bond motifs is 1. The fourth-order valence-corrected chi connectivity index (χ4v) is 1.87. The van der Waals surface area contributed by atoms with E-state index in [1.165, 1.54) is 17.8 Å². The van der Waals surface area contributed by atoms with Crippen molar-refractivity contribution >= 4 is 21.2 Å². The highest BCUT2D eigenvalue weighted by atomic mass is 32.2. The van der Waals surface area contributed by atoms with Gasteiger partial charge in [-0.15, -0.1) is 0 Å². The van der Waals surface area contributed by atoms with Crippen LogP contribution in [0.5, 0.6) is 0 Å². The number of hydrogen-bond acceptors (Lipinski definition) is 3. The second-order valence-corrected chi connectivity index (χ2v) is 4.97. The van der Waals surface area contributed by atoms with Crippen LogP contribution in [0.3, 0.4) is 0 Å². The second kappa shape index (κ2) is 3.32. The SMILES string of the molecule is CC(n1cnc2ccccc21)S(=O)(=O)O. The number of nitrogens with zero attached hydrogens (tertiary/aromatic N) is 2. The van der Waals surface area contributed by atoms with E-state index in [4.69, 9.17) is 4.55 Å². The van der Waals surface area contributed by atoms with Crippen LogP contribution in [0.2, 0.25) is 0 Å². The topological polar surface area (TPSA) is 72.2 Å². The van der Waals surface area contributed by atoms with Crippen molar-refractivity contribution in [2.24, 2.45) is 0 Å². The maximum Gasteiger partial charge on any atom is 0.286 e. The zero-order valence-corrected chi connectivity index (χ0v) is 8.85. The average molecular weight is 226 g/mol. The van der Waals surface area contributed by atoms with E-state index in [2.05, 4.69) is 4.98 Å². The van der Waals surface area contributed by atoms with Gasteiger partial charge in [-0.1, -0.05) is 12.1 Å². The van der Waals surface area contributed by atoms with Gasteiger partial charge < -0.3 is 4.57 Å². The maximum absolute atomic E-state index is 11.0. The third-order valence-electron chi connectivity index (χ3n) is 2.30. The molecule has 0 aliphatic rings. The summed E-state index contributed by atoms with van der Waals surface area (Å²) >= 11 is 0. The molecule has 6 heteroatoms. The molecule has 1 heterocycles. The minimum atomic E-state index is -4.09. The van der Waals surface area contributed by atoms with Crippen LogP contribution in [0.4, 0.5) is 0 Å². The van der Waals surface area contributed by atoms with Crippen molar-refractivity contribution in [3.05, 3.63) is 30.6 Å². The summed E-state index contributed by atoms with van der Waals surface area (Å²) < 4.78 is 32.3. The Morgan fingerprint density at radius 1 is 1.40 bits per heavy atom. The molecular weight excluding hydrogens is 216 g/mol. The summed E-state index contributed by atoms with van der Waals surface area (Å²) in [6.07, 6.45) is 1.41. The molecule has 1 N–H and O–H groups in total. The highest BCUT2D eigenvalue weighted by Crippen LogP contribution is 2.20. The molecule has 1 aromatic carbocycles. The molecule has 2 rings (SSSR count). The van der Waals surface area contributed by atoms with Gasteiger partial charge in [-0.25, -0.2) is 4.98 Å². The molecule has 0 aliphatic heterocycles. The van der Waals surface area contributed by atoms with Crippen LogP contribution in [-0.2, 0) is 10.1 Å². The van der Waals surface area contributed by atoms with Crippen molar-refractivity contribution in [2.45, 2.75) is 12.3 Å². The number of imidazole rings is 1. The van der Waals surface area contributed by atoms with Crippen molar-refractivity contribution < 1.29 is 13.0 Å². The van der Waals surface area contributed by atoms with E-state index in [0.717, 1.165) is 0 Å². The summed E-state index contributed by atoms with van der Waals surface area (Å²) in [5.74, 6) is 0. The van der Waals surface area contributed by atoms with Gasteiger partial charge in [0.05, 0.1) is 17.4 Å². The first-order valence-corrected chi connectivity index (χ1v) is 5.88. The Morgan fingerprint density at radius 3 is 2.73 bits per heavy atom. The van der Waals surface area contributed by atoms with Gasteiger partial charge in [0.1, 0.15) is 0 Å². The van der Waals surface area contributed by atoms with E-state index in [0.29, 0.717) is 11.0 Å². The smallest absolute Gasteiger partial charge is 0.286 e. The molecule has 0 saturated carbocycles. The summed E-state index contributed by atoms with van der Waals surface area (Å²) in [6, 6.07) is 7.14. The Morgan fingerprint density at radius 2 is 2.07 bits per heavy atom. The number of para-hydroxylation sites is 2. The van der Waals surface area contributed by atoms with E-state index in [1.807, 2.05) is 6.07 Å². The van der Waals surface area contributed by atoms with Crippen molar-refractivity contribution in [3.63, 3.8) is 0 Å². The van der Waals surface area contributed by atoms with Crippen molar-refractivity contribution in [1.29, 1.82) is 0 Å². The lowest BCUT2D eigenvalue weighted by Gasteiger charge is -2.10. The summed E-state index contributed by atoms with van der Waals surface area (Å²) in [7, 11) is -4.09. The first kappa shape index (κ1) is 10.1. The molecular formula is C9H10N2O3S. The molecule has 0 bridgehead atoms. The molecule has 5 nitrogen and oxygen atoms in total. The molecule has 0 spiro atoms. The zero-order valence-electron chi connectivity index (χ0n) is 8.03. The highest BCUT2D eigenvalue weighted by molar-refractivity contribution is 7.85. The average Bonchev–Trinajstić information content (AvgIpc) is 2.58. The predicted octanol–water partition coefficient (Wildman–Crippen LogP) is 1.44. The van der Waals surface area contributed by atoms with Crippen LogP contribution < -0.4 is 0 Å². The first-order chi connectivity index (χ1) is 7.00. The quantitative estimate of drug-likeness (QED) is 0.786. The lowest BCUT2D eigenvalue weighted by molar-refractivity contribution is 0.454. The van der Waals surface area contributed by atoms with E-state index in [-0.39, 0.29) is 0 Å². The molecule has 1 atom stereocenters. The molecule has 1 unspecified atom stereocenters. The van der Waals surface area contributed by atoms with Crippen LogP contribution in [0.15, 0.2) is 30.6 Å². The number of benzene rings is 1. The van der Waals surface area contributed by atoms with E-state index < -0.39 is 15.5 Å². The number of hydrogen-bond donors (Lipinski definition) is 1. The van der Waals surface area contributed by atoms with E-state index >= 15 is 0 Å². The second-order valence-electron chi connectivity index (χ2n) is 3.25. The van der Waals surface area contributed by atoms with Gasteiger partial charge in [0.2, 0.25) is 0 Å². The standard InChI is InChI=1S/C9H10N2O3S/c1-7(15(12,13)14)11-6-10-8-4-2-3-5-9(8)11/h2-7H,1H3,(H,12,13,14). The molecule has 0 aliphatic carbocycles. The van der Waals surface area contributed by atoms with Gasteiger partial charge in [-0.05, 0) is 19.1 Å². The van der Waals surface area contributed by atoms with Crippen LogP contribution in [0, 0.1) is 0 Å². The Labute approximate surface area is 87.1 Å². The Kier molecular flexibility index (Phi) is 2.24. The molecule has 1 aromatic heterocycles. The fraction of sp³-hybridized carbons (Fsp3) is 0.222. The third-order valence-corrected chi connectivity index (χ3v) is 3.39. The van der Waals surface area contributed by atoms with Crippen LogP contribution in [0.1, 0.15) is 12.3 Å². The van der Waals surface area contributed by atoms with Gasteiger partial charge in [-0.3, -0.25) is 4.55 Å². The van der Waals surface area contributed by atoms with Gasteiger partial charge >= 0.3 is 0 Å². The molecule has 2 aromatic rings. The van der Waals surface area contributed by atoms with Gasteiger partial charge in [0.25, 0.3) is 10.1 Å². The van der Waals surface area contributed by atoms with Gasteiger partial charge in [-0.2, -0.15) is 8.42 Å². The zero-order chi connectivity index (χ0) is 11.1. The molecule has 0 fully saturated rings. The lowest BCUT2D eigenvalue weighted by Crippen LogP contribution is -2.14. The van der Waals surface area contributed by atoms with Crippen molar-refractivity contribution in [3.8, 4) is 0 Å². The predicted molar refractivity (Wildman–Crippen MR) is 56.0 cm³/mol. The van der Waals surface area contributed by atoms with E-state index in [9.17, 15) is 8.42 Å². The molecule has 15 heavy (non-hydrogen) atoms. The summed E-state index contributed by atoms with van der Waals surface area (Å²) in [5.41, 5.74) is 1.38.